The largest absolute Gasteiger partial charge is 0.353 e. The van der Waals surface area contributed by atoms with Crippen LogP contribution in [0.4, 0.5) is 4.39 Å². The second-order valence-electron chi connectivity index (χ2n) is 7.38. The van der Waals surface area contributed by atoms with Gasteiger partial charge in [-0.15, -0.1) is 0 Å². The van der Waals surface area contributed by atoms with Crippen LogP contribution in [0, 0.1) is 11.7 Å². The minimum atomic E-state index is -0.191. The zero-order valence-corrected chi connectivity index (χ0v) is 14.6. The molecule has 0 spiro atoms. The van der Waals surface area contributed by atoms with Crippen molar-refractivity contribution in [3.63, 3.8) is 0 Å². The molecule has 0 bridgehead atoms. The molecule has 0 aromatic heterocycles. The number of carbonyl (C=O) groups excluding carboxylic acids is 1. The summed E-state index contributed by atoms with van der Waals surface area (Å²) in [6.45, 7) is 4.03. The predicted molar refractivity (Wildman–Crippen MR) is 94.1 cm³/mol. The molecule has 1 saturated heterocycles. The highest BCUT2D eigenvalue weighted by atomic mass is 19.1. The lowest BCUT2D eigenvalue weighted by molar-refractivity contribution is -0.127. The van der Waals surface area contributed by atoms with Crippen molar-refractivity contribution in [2.24, 2.45) is 5.92 Å². The second-order valence-corrected chi connectivity index (χ2v) is 7.38. The highest BCUT2D eigenvalue weighted by Gasteiger charge is 2.29. The Morgan fingerprint density at radius 3 is 2.33 bits per heavy atom. The number of halogens is 1. The van der Waals surface area contributed by atoms with Gasteiger partial charge in [-0.25, -0.2) is 4.39 Å². The first-order chi connectivity index (χ1) is 11.6. The van der Waals surface area contributed by atoms with E-state index in [0.29, 0.717) is 6.04 Å². The summed E-state index contributed by atoms with van der Waals surface area (Å²) in [6, 6.07) is 7.45. The highest BCUT2D eigenvalue weighted by Crippen LogP contribution is 2.27. The lowest BCUT2D eigenvalue weighted by Gasteiger charge is -2.36. The molecule has 3 rings (SSSR count). The summed E-state index contributed by atoms with van der Waals surface area (Å²) in [5.74, 6) is 0.226. The smallest absolute Gasteiger partial charge is 0.223 e. The van der Waals surface area contributed by atoms with Gasteiger partial charge in [0.05, 0.1) is 0 Å². The molecular formula is C20H29FN2O. The monoisotopic (exact) mass is 332 g/mol. The van der Waals surface area contributed by atoms with Gasteiger partial charge in [0.25, 0.3) is 0 Å². The van der Waals surface area contributed by atoms with Crippen molar-refractivity contribution in [1.29, 1.82) is 0 Å². The first-order valence-corrected chi connectivity index (χ1v) is 9.43. The van der Waals surface area contributed by atoms with E-state index < -0.39 is 0 Å². The number of likely N-dealkylation sites (tertiary alicyclic amines) is 1. The standard InChI is InChI=1S/C20H29FN2O/c1-15(16-7-9-18(21)10-8-16)23-13-11-17(12-14-23)20(24)22-19-5-3-2-4-6-19/h7-10,15,17,19H,2-6,11-14H2,1H3,(H,22,24). The van der Waals surface area contributed by atoms with Crippen molar-refractivity contribution in [3.05, 3.63) is 35.6 Å². The number of nitrogens with one attached hydrogen (secondary N) is 1. The number of hydrogen-bond acceptors (Lipinski definition) is 2. The van der Waals surface area contributed by atoms with Gasteiger partial charge in [0.1, 0.15) is 5.82 Å². The average Bonchev–Trinajstić information content (AvgIpc) is 2.63. The maximum Gasteiger partial charge on any atom is 0.223 e. The summed E-state index contributed by atoms with van der Waals surface area (Å²) in [4.78, 5) is 14.9. The van der Waals surface area contributed by atoms with Crippen LogP contribution in [0.15, 0.2) is 24.3 Å². The molecule has 2 fully saturated rings. The molecule has 1 aliphatic carbocycles. The molecule has 132 valence electrons. The van der Waals surface area contributed by atoms with E-state index in [4.69, 9.17) is 0 Å². The molecular weight excluding hydrogens is 303 g/mol. The van der Waals surface area contributed by atoms with Crippen LogP contribution in [0.3, 0.4) is 0 Å². The van der Waals surface area contributed by atoms with Crippen LogP contribution in [-0.4, -0.2) is 29.9 Å². The molecule has 1 heterocycles. The fourth-order valence-corrected chi connectivity index (χ4v) is 4.07. The van der Waals surface area contributed by atoms with E-state index in [1.54, 1.807) is 0 Å². The maximum absolute atomic E-state index is 13.1. The number of rotatable bonds is 4. The van der Waals surface area contributed by atoms with Crippen LogP contribution in [0.25, 0.3) is 0 Å². The second kappa shape index (κ2) is 8.11. The van der Waals surface area contributed by atoms with E-state index in [1.165, 1.54) is 31.4 Å². The third-order valence-corrected chi connectivity index (χ3v) is 5.75. The molecule has 2 aliphatic rings. The topological polar surface area (TPSA) is 32.3 Å². The first kappa shape index (κ1) is 17.4. The Hall–Kier alpha value is -1.42. The van der Waals surface area contributed by atoms with E-state index in [2.05, 4.69) is 17.1 Å². The number of nitrogens with zero attached hydrogens (tertiary/aromatic N) is 1. The average molecular weight is 332 g/mol. The summed E-state index contributed by atoms with van der Waals surface area (Å²) >= 11 is 0. The van der Waals surface area contributed by atoms with Crippen LogP contribution >= 0.6 is 0 Å². The molecule has 1 amide bonds. The summed E-state index contributed by atoms with van der Waals surface area (Å²) in [5, 5.41) is 3.27. The molecule has 1 unspecified atom stereocenters. The third-order valence-electron chi connectivity index (χ3n) is 5.75. The van der Waals surface area contributed by atoms with Crippen LogP contribution in [0.1, 0.15) is 63.5 Å². The molecule has 3 nitrogen and oxygen atoms in total. The van der Waals surface area contributed by atoms with Crippen molar-refractivity contribution in [3.8, 4) is 0 Å². The van der Waals surface area contributed by atoms with Gasteiger partial charge in [0.15, 0.2) is 0 Å². The normalized spacial score (nSPS) is 22.2. The van der Waals surface area contributed by atoms with Crippen molar-refractivity contribution in [2.45, 2.75) is 64.0 Å². The van der Waals surface area contributed by atoms with Crippen LogP contribution in [0.2, 0.25) is 0 Å². The molecule has 1 aromatic carbocycles. The molecule has 1 aliphatic heterocycles. The summed E-state index contributed by atoms with van der Waals surface area (Å²) in [5.41, 5.74) is 1.14. The lowest BCUT2D eigenvalue weighted by atomic mass is 9.91. The fraction of sp³-hybridized carbons (Fsp3) is 0.650. The SMILES string of the molecule is CC(c1ccc(F)cc1)N1CCC(C(=O)NC2CCCCC2)CC1. The number of benzene rings is 1. The molecule has 0 radical (unpaired) electrons. The molecule has 1 N–H and O–H groups in total. The van der Waals surface area contributed by atoms with E-state index in [1.807, 2.05) is 12.1 Å². The lowest BCUT2D eigenvalue weighted by Crippen LogP contribution is -2.44. The Morgan fingerprint density at radius 2 is 1.71 bits per heavy atom. The number of amides is 1. The minimum absolute atomic E-state index is 0.156. The minimum Gasteiger partial charge on any atom is -0.353 e. The first-order valence-electron chi connectivity index (χ1n) is 9.43. The fourth-order valence-electron chi connectivity index (χ4n) is 4.07. The van der Waals surface area contributed by atoms with Gasteiger partial charge in [0.2, 0.25) is 5.91 Å². The van der Waals surface area contributed by atoms with Gasteiger partial charge in [0, 0.05) is 18.0 Å². The molecule has 1 saturated carbocycles. The Labute approximate surface area is 144 Å². The van der Waals surface area contributed by atoms with E-state index in [-0.39, 0.29) is 23.7 Å². The Balaban J connectivity index is 1.47. The third kappa shape index (κ3) is 4.35. The van der Waals surface area contributed by atoms with Crippen molar-refractivity contribution in [1.82, 2.24) is 10.2 Å². The van der Waals surface area contributed by atoms with Crippen molar-refractivity contribution >= 4 is 5.91 Å². The maximum atomic E-state index is 13.1. The van der Waals surface area contributed by atoms with E-state index >= 15 is 0 Å². The highest BCUT2D eigenvalue weighted by molar-refractivity contribution is 5.79. The van der Waals surface area contributed by atoms with Gasteiger partial charge in [-0.1, -0.05) is 31.4 Å². The van der Waals surface area contributed by atoms with Gasteiger partial charge < -0.3 is 5.32 Å². The van der Waals surface area contributed by atoms with E-state index in [0.717, 1.165) is 44.3 Å². The van der Waals surface area contributed by atoms with Gasteiger partial charge in [-0.3, -0.25) is 9.69 Å². The molecule has 1 atom stereocenters. The summed E-state index contributed by atoms with van der Waals surface area (Å²) < 4.78 is 13.1. The Bertz CT molecular complexity index is 531. The number of piperidine rings is 1. The van der Waals surface area contributed by atoms with Gasteiger partial charge in [-0.2, -0.15) is 0 Å². The van der Waals surface area contributed by atoms with Crippen LogP contribution < -0.4 is 5.32 Å². The molecule has 4 heteroatoms. The van der Waals surface area contributed by atoms with Gasteiger partial charge in [-0.05, 0) is 63.4 Å². The zero-order chi connectivity index (χ0) is 16.9. The van der Waals surface area contributed by atoms with Crippen molar-refractivity contribution in [2.75, 3.05) is 13.1 Å². The van der Waals surface area contributed by atoms with Crippen LogP contribution in [-0.2, 0) is 4.79 Å². The molecule has 24 heavy (non-hydrogen) atoms. The van der Waals surface area contributed by atoms with E-state index in [9.17, 15) is 9.18 Å². The van der Waals surface area contributed by atoms with Gasteiger partial charge >= 0.3 is 0 Å². The summed E-state index contributed by atoms with van der Waals surface area (Å²) in [6.07, 6.45) is 7.94. The summed E-state index contributed by atoms with van der Waals surface area (Å²) in [7, 11) is 0. The van der Waals surface area contributed by atoms with Crippen LogP contribution in [0.5, 0.6) is 0 Å². The Morgan fingerprint density at radius 1 is 1.08 bits per heavy atom. The Kier molecular flexibility index (Phi) is 5.88. The zero-order valence-electron chi connectivity index (χ0n) is 14.6. The molecule has 1 aromatic rings. The number of carbonyl (C=O) groups is 1. The predicted octanol–water partition coefficient (Wildman–Crippen LogP) is 4.05. The quantitative estimate of drug-likeness (QED) is 0.902. The number of hydrogen-bond donors (Lipinski definition) is 1. The van der Waals surface area contributed by atoms with Crippen molar-refractivity contribution < 1.29 is 9.18 Å².